The number of carbonyl (C=O) groups excluding carboxylic acids is 1. The van der Waals surface area contributed by atoms with Gasteiger partial charge in [0.05, 0.1) is 24.2 Å². The predicted molar refractivity (Wildman–Crippen MR) is 90.3 cm³/mol. The lowest BCUT2D eigenvalue weighted by atomic mass is 10.3. The largest absolute Gasteiger partial charge is 0.497 e. The molecule has 2 N–H and O–H groups in total. The van der Waals surface area contributed by atoms with Crippen LogP contribution in [-0.4, -0.2) is 18.7 Å². The highest BCUT2D eigenvalue weighted by atomic mass is 16.5. The van der Waals surface area contributed by atoms with Crippen molar-refractivity contribution in [1.82, 2.24) is 5.43 Å². The molecule has 1 heterocycles. The molecule has 0 saturated carbocycles. The minimum Gasteiger partial charge on any atom is -0.497 e. The molecule has 1 aliphatic heterocycles. The van der Waals surface area contributed by atoms with Gasteiger partial charge in [-0.3, -0.25) is 15.6 Å². The number of hydrazone groups is 1. The van der Waals surface area contributed by atoms with Crippen molar-refractivity contribution < 1.29 is 9.53 Å². The summed E-state index contributed by atoms with van der Waals surface area (Å²) >= 11 is 0. The Morgan fingerprint density at radius 3 is 2.70 bits per heavy atom. The Morgan fingerprint density at radius 1 is 1.17 bits per heavy atom. The Bertz CT molecular complexity index is 771. The number of para-hydroxylation sites is 1. The van der Waals surface area contributed by atoms with E-state index in [0.717, 1.165) is 11.4 Å². The number of rotatable bonds is 4. The van der Waals surface area contributed by atoms with Gasteiger partial charge in [-0.25, -0.2) is 5.01 Å². The second-order valence-corrected chi connectivity index (χ2v) is 4.87. The van der Waals surface area contributed by atoms with Crippen molar-refractivity contribution >= 4 is 23.0 Å². The second-order valence-electron chi connectivity index (χ2n) is 4.87. The number of benzene rings is 2. The van der Waals surface area contributed by atoms with Crippen LogP contribution in [0.25, 0.3) is 0 Å². The fourth-order valence-electron chi connectivity index (χ4n) is 2.16. The van der Waals surface area contributed by atoms with Gasteiger partial charge in [-0.05, 0) is 24.3 Å². The van der Waals surface area contributed by atoms with E-state index < -0.39 is 0 Å². The van der Waals surface area contributed by atoms with E-state index in [4.69, 9.17) is 4.74 Å². The van der Waals surface area contributed by atoms with E-state index in [0.29, 0.717) is 11.4 Å². The number of anilines is 2. The summed E-state index contributed by atoms with van der Waals surface area (Å²) in [6, 6.07) is 16.5. The van der Waals surface area contributed by atoms with Crippen molar-refractivity contribution in [3.05, 3.63) is 66.9 Å². The lowest BCUT2D eigenvalue weighted by molar-refractivity contribution is -0.112. The Balaban J connectivity index is 1.79. The SMILES string of the molecule is C=C1NN(c2ccccc2)C(=O)C1=NNc1cccc(OC)c1. The molecule has 1 aliphatic rings. The maximum atomic E-state index is 12.5. The molecule has 1 fully saturated rings. The molecule has 6 nitrogen and oxygen atoms in total. The average molecular weight is 308 g/mol. The van der Waals surface area contributed by atoms with Crippen molar-refractivity contribution in [2.45, 2.75) is 0 Å². The molecule has 1 amide bonds. The molecule has 0 bridgehead atoms. The zero-order valence-corrected chi connectivity index (χ0v) is 12.6. The highest BCUT2D eigenvalue weighted by Gasteiger charge is 2.32. The summed E-state index contributed by atoms with van der Waals surface area (Å²) in [6.07, 6.45) is 0. The van der Waals surface area contributed by atoms with Crippen LogP contribution in [0.4, 0.5) is 11.4 Å². The normalized spacial score (nSPS) is 15.7. The monoisotopic (exact) mass is 308 g/mol. The number of ether oxygens (including phenoxy) is 1. The molecule has 3 rings (SSSR count). The lowest BCUT2D eigenvalue weighted by Gasteiger charge is -2.14. The van der Waals surface area contributed by atoms with Gasteiger partial charge >= 0.3 is 0 Å². The van der Waals surface area contributed by atoms with E-state index in [1.807, 2.05) is 48.5 Å². The third kappa shape index (κ3) is 3.01. The average Bonchev–Trinajstić information content (AvgIpc) is 2.88. The van der Waals surface area contributed by atoms with Crippen LogP contribution < -0.4 is 20.6 Å². The number of methoxy groups -OCH3 is 1. The van der Waals surface area contributed by atoms with Gasteiger partial charge in [0.15, 0.2) is 5.71 Å². The van der Waals surface area contributed by atoms with E-state index in [9.17, 15) is 4.79 Å². The molecule has 0 radical (unpaired) electrons. The first kappa shape index (κ1) is 14.6. The number of hydrogen-bond acceptors (Lipinski definition) is 5. The first-order valence-electron chi connectivity index (χ1n) is 7.02. The van der Waals surface area contributed by atoms with Crippen LogP contribution in [0.5, 0.6) is 5.75 Å². The second kappa shape index (κ2) is 6.23. The Labute approximate surface area is 134 Å². The third-order valence-corrected chi connectivity index (χ3v) is 3.32. The van der Waals surface area contributed by atoms with Crippen LogP contribution >= 0.6 is 0 Å². The fourth-order valence-corrected chi connectivity index (χ4v) is 2.16. The van der Waals surface area contributed by atoms with Crippen LogP contribution in [0.1, 0.15) is 0 Å². The van der Waals surface area contributed by atoms with Crippen LogP contribution in [-0.2, 0) is 4.79 Å². The van der Waals surface area contributed by atoms with E-state index in [1.54, 1.807) is 13.2 Å². The molecule has 0 aromatic heterocycles. The van der Waals surface area contributed by atoms with E-state index in [1.165, 1.54) is 5.01 Å². The summed E-state index contributed by atoms with van der Waals surface area (Å²) in [7, 11) is 1.59. The van der Waals surface area contributed by atoms with Crippen LogP contribution in [0, 0.1) is 0 Å². The predicted octanol–water partition coefficient (Wildman–Crippen LogP) is 2.53. The molecule has 0 spiro atoms. The Hall–Kier alpha value is -3.28. The highest BCUT2D eigenvalue weighted by molar-refractivity contribution is 6.51. The summed E-state index contributed by atoms with van der Waals surface area (Å²) in [5, 5.41) is 5.58. The number of nitrogens with zero attached hydrogens (tertiary/aromatic N) is 2. The van der Waals surface area contributed by atoms with Crippen molar-refractivity contribution in [3.8, 4) is 5.75 Å². The van der Waals surface area contributed by atoms with Gasteiger partial charge in [0, 0.05) is 6.07 Å². The first-order chi connectivity index (χ1) is 11.2. The number of hydrazine groups is 1. The van der Waals surface area contributed by atoms with Crippen LogP contribution in [0.3, 0.4) is 0 Å². The lowest BCUT2D eigenvalue weighted by Crippen LogP contribution is -2.34. The Kier molecular flexibility index (Phi) is 3.97. The van der Waals surface area contributed by atoms with Gasteiger partial charge in [-0.1, -0.05) is 30.8 Å². The summed E-state index contributed by atoms with van der Waals surface area (Å²) in [5.41, 5.74) is 7.89. The van der Waals surface area contributed by atoms with E-state index in [-0.39, 0.29) is 11.6 Å². The van der Waals surface area contributed by atoms with Gasteiger partial charge in [0.2, 0.25) is 0 Å². The Morgan fingerprint density at radius 2 is 1.96 bits per heavy atom. The standard InChI is InChI=1S/C17H16N4O2/c1-12-16(19-18-13-7-6-10-15(11-13)23-2)17(22)21(20-12)14-8-4-3-5-9-14/h3-11,18,20H,1H2,2H3. The van der Waals surface area contributed by atoms with Crippen molar-refractivity contribution in [2.24, 2.45) is 5.10 Å². The molecule has 23 heavy (non-hydrogen) atoms. The fraction of sp³-hybridized carbons (Fsp3) is 0.0588. The molecular formula is C17H16N4O2. The molecule has 0 unspecified atom stereocenters. The molecule has 1 saturated heterocycles. The molecule has 6 heteroatoms. The molecule has 116 valence electrons. The third-order valence-electron chi connectivity index (χ3n) is 3.32. The zero-order chi connectivity index (χ0) is 16.2. The summed E-state index contributed by atoms with van der Waals surface area (Å²) < 4.78 is 5.15. The molecule has 2 aromatic rings. The summed E-state index contributed by atoms with van der Waals surface area (Å²) in [6.45, 7) is 3.84. The maximum absolute atomic E-state index is 12.5. The number of hydrogen-bond donors (Lipinski definition) is 2. The number of amides is 1. The minimum atomic E-state index is -0.267. The molecular weight excluding hydrogens is 292 g/mol. The minimum absolute atomic E-state index is 0.233. The molecule has 2 aromatic carbocycles. The quantitative estimate of drug-likeness (QED) is 0.852. The zero-order valence-electron chi connectivity index (χ0n) is 12.6. The van der Waals surface area contributed by atoms with Gasteiger partial charge in [0.1, 0.15) is 5.75 Å². The first-order valence-corrected chi connectivity index (χ1v) is 7.02. The van der Waals surface area contributed by atoms with Crippen molar-refractivity contribution in [3.63, 3.8) is 0 Å². The maximum Gasteiger partial charge on any atom is 0.299 e. The van der Waals surface area contributed by atoms with Crippen LogP contribution in [0.2, 0.25) is 0 Å². The van der Waals surface area contributed by atoms with E-state index in [2.05, 4.69) is 22.5 Å². The number of nitrogens with one attached hydrogen (secondary N) is 2. The van der Waals surface area contributed by atoms with Gasteiger partial charge in [0.25, 0.3) is 5.91 Å². The van der Waals surface area contributed by atoms with Crippen molar-refractivity contribution in [1.29, 1.82) is 0 Å². The van der Waals surface area contributed by atoms with Gasteiger partial charge < -0.3 is 4.74 Å². The van der Waals surface area contributed by atoms with Gasteiger partial charge in [-0.2, -0.15) is 5.10 Å². The smallest absolute Gasteiger partial charge is 0.299 e. The summed E-state index contributed by atoms with van der Waals surface area (Å²) in [5.74, 6) is 0.437. The van der Waals surface area contributed by atoms with E-state index >= 15 is 0 Å². The van der Waals surface area contributed by atoms with Gasteiger partial charge in [-0.15, -0.1) is 0 Å². The van der Waals surface area contributed by atoms with Crippen LogP contribution in [0.15, 0.2) is 72.0 Å². The molecule has 0 aliphatic carbocycles. The summed E-state index contributed by atoms with van der Waals surface area (Å²) in [4.78, 5) is 12.5. The van der Waals surface area contributed by atoms with Crippen molar-refractivity contribution in [2.75, 3.05) is 17.5 Å². The highest BCUT2D eigenvalue weighted by Crippen LogP contribution is 2.20. The number of carbonyl (C=O) groups is 1. The topological polar surface area (TPSA) is 66.0 Å². The molecule has 0 atom stereocenters.